The summed E-state index contributed by atoms with van der Waals surface area (Å²) in [4.78, 5) is 17.4. The molecule has 0 bridgehead atoms. The molecule has 3 aromatic carbocycles. The Morgan fingerprint density at radius 2 is 1.68 bits per heavy atom. The van der Waals surface area contributed by atoms with E-state index in [4.69, 9.17) is 38.2 Å². The summed E-state index contributed by atoms with van der Waals surface area (Å²) in [6.07, 6.45) is 1.62. The Morgan fingerprint density at radius 1 is 1.00 bits per heavy atom. The van der Waals surface area contributed by atoms with Crippen LogP contribution in [0.4, 0.5) is 5.69 Å². The molecule has 28 heavy (non-hydrogen) atoms. The van der Waals surface area contributed by atoms with E-state index >= 15 is 0 Å². The fourth-order valence-electron chi connectivity index (χ4n) is 2.56. The summed E-state index contributed by atoms with van der Waals surface area (Å²) in [6.45, 7) is -1.14. The zero-order valence-corrected chi connectivity index (χ0v) is 18.2. The van der Waals surface area contributed by atoms with Gasteiger partial charge in [-0.25, -0.2) is 0 Å². The first-order valence-corrected chi connectivity index (χ1v) is 13.2. The molecule has 0 radical (unpaired) electrons. The van der Waals surface area contributed by atoms with Crippen LogP contribution in [0.1, 0.15) is 21.5 Å². The maximum atomic E-state index is 12.9. The molecular weight excluding hydrogens is 433 g/mol. The molecule has 7 heteroatoms. The molecule has 0 saturated heterocycles. The fourth-order valence-corrected chi connectivity index (χ4v) is 3.80. The molecular formula is C21H16Cl3NO2Si. The molecule has 0 heterocycles. The van der Waals surface area contributed by atoms with Crippen molar-refractivity contribution in [1.29, 1.82) is 0 Å². The largest absolute Gasteiger partial charge is 0.518 e. The Morgan fingerprint density at radius 3 is 2.39 bits per heavy atom. The predicted octanol–water partition coefficient (Wildman–Crippen LogP) is 6.75. The van der Waals surface area contributed by atoms with Gasteiger partial charge in [0.25, 0.3) is 0 Å². The van der Waals surface area contributed by atoms with E-state index in [0.29, 0.717) is 33.1 Å². The van der Waals surface area contributed by atoms with Gasteiger partial charge in [-0.3, -0.25) is 9.79 Å². The molecule has 0 amide bonds. The van der Waals surface area contributed by atoms with E-state index in [1.165, 1.54) is 0 Å². The van der Waals surface area contributed by atoms with Gasteiger partial charge in [-0.15, -0.1) is 22.2 Å². The Kier molecular flexibility index (Phi) is 6.57. The number of hydrogen-bond donors (Lipinski definition) is 0. The summed E-state index contributed by atoms with van der Waals surface area (Å²) in [7, 11) is 0. The Balaban J connectivity index is 1.97. The fraction of sp³-hybridized carbons (Fsp3) is 0.0476. The lowest BCUT2D eigenvalue weighted by Gasteiger charge is -2.15. The van der Waals surface area contributed by atoms with Crippen molar-refractivity contribution in [2.24, 2.45) is 4.99 Å². The van der Waals surface area contributed by atoms with Crippen LogP contribution >= 0.6 is 33.8 Å². The first kappa shape index (κ1) is 20.6. The number of aliphatic imine (C=N–C) groups is 1. The lowest BCUT2D eigenvalue weighted by Crippen LogP contribution is -2.23. The summed E-state index contributed by atoms with van der Waals surface area (Å²) in [6, 6.07) is 21.3. The van der Waals surface area contributed by atoms with Gasteiger partial charge in [-0.05, 0) is 36.9 Å². The number of halogens is 3. The van der Waals surface area contributed by atoms with E-state index in [-0.39, 0.29) is 5.78 Å². The lowest BCUT2D eigenvalue weighted by molar-refractivity contribution is 0.103. The molecule has 0 aromatic heterocycles. The number of hydrogen-bond acceptors (Lipinski definition) is 3. The molecule has 0 aliphatic carbocycles. The second kappa shape index (κ2) is 8.93. The average Bonchev–Trinajstić information content (AvgIpc) is 2.67. The van der Waals surface area contributed by atoms with Crippen LogP contribution in [0.3, 0.4) is 0 Å². The van der Waals surface area contributed by atoms with Crippen molar-refractivity contribution in [3.8, 4) is 5.75 Å². The van der Waals surface area contributed by atoms with E-state index in [1.807, 2.05) is 36.4 Å². The number of benzene rings is 3. The van der Waals surface area contributed by atoms with Crippen molar-refractivity contribution >= 4 is 58.4 Å². The quantitative estimate of drug-likeness (QED) is 0.181. The van der Waals surface area contributed by atoms with Crippen LogP contribution in [0.2, 0.25) is 11.6 Å². The molecule has 0 saturated carbocycles. The molecule has 0 atom stereocenters. The highest BCUT2D eigenvalue weighted by atomic mass is 35.7. The van der Waals surface area contributed by atoms with Crippen molar-refractivity contribution < 1.29 is 9.22 Å². The topological polar surface area (TPSA) is 38.7 Å². The molecule has 3 nitrogen and oxygen atoms in total. The number of carbonyl (C=O) groups is 1. The maximum Gasteiger partial charge on any atom is 0.446 e. The molecule has 0 aliphatic rings. The second-order valence-electron chi connectivity index (χ2n) is 6.06. The maximum absolute atomic E-state index is 12.9. The van der Waals surface area contributed by atoms with Crippen LogP contribution < -0.4 is 4.43 Å². The molecule has 3 aromatic rings. The molecule has 3 rings (SSSR count). The van der Waals surface area contributed by atoms with Gasteiger partial charge in [0.1, 0.15) is 5.75 Å². The van der Waals surface area contributed by atoms with Crippen molar-refractivity contribution in [3.63, 3.8) is 0 Å². The zero-order valence-electron chi connectivity index (χ0n) is 14.9. The highest BCUT2D eigenvalue weighted by Crippen LogP contribution is 2.28. The minimum atomic E-state index is -2.81. The van der Waals surface area contributed by atoms with Crippen molar-refractivity contribution in [1.82, 2.24) is 0 Å². The predicted molar refractivity (Wildman–Crippen MR) is 119 cm³/mol. The lowest BCUT2D eigenvalue weighted by atomic mass is 10.0. The van der Waals surface area contributed by atoms with Gasteiger partial charge in [-0.2, -0.15) is 0 Å². The van der Waals surface area contributed by atoms with Crippen LogP contribution in [0.5, 0.6) is 5.75 Å². The Labute approximate surface area is 179 Å². The van der Waals surface area contributed by atoms with Gasteiger partial charge < -0.3 is 4.43 Å². The molecule has 0 N–H and O–H groups in total. The normalized spacial score (nSPS) is 11.6. The third kappa shape index (κ3) is 5.46. The summed E-state index contributed by atoms with van der Waals surface area (Å²) >= 11 is 18.3. The van der Waals surface area contributed by atoms with Gasteiger partial charge in [0.15, 0.2) is 5.78 Å². The third-order valence-corrected chi connectivity index (χ3v) is 5.07. The number of para-hydroxylation sites is 1. The van der Waals surface area contributed by atoms with Crippen molar-refractivity contribution in [2.45, 2.75) is 6.55 Å². The van der Waals surface area contributed by atoms with Crippen LogP contribution in [0.25, 0.3) is 0 Å². The van der Waals surface area contributed by atoms with Gasteiger partial charge in [0, 0.05) is 27.9 Å². The minimum Gasteiger partial charge on any atom is -0.518 e. The Hall–Kier alpha value is -2.11. The molecule has 0 unspecified atom stereocenters. The molecule has 142 valence electrons. The second-order valence-corrected chi connectivity index (χ2v) is 13.2. The SMILES string of the molecule is C[Si](Cl)(Cl)Oc1ccccc1C=Nc1ccc(Cl)cc1C(=O)c1ccccc1. The summed E-state index contributed by atoms with van der Waals surface area (Å²) < 4.78 is 5.68. The average molecular weight is 449 g/mol. The minimum absolute atomic E-state index is 0.152. The summed E-state index contributed by atoms with van der Waals surface area (Å²) in [5, 5.41) is 0.466. The summed E-state index contributed by atoms with van der Waals surface area (Å²) in [5.41, 5.74) is 2.19. The van der Waals surface area contributed by atoms with Crippen molar-refractivity contribution in [2.75, 3.05) is 0 Å². The van der Waals surface area contributed by atoms with Crippen LogP contribution in [0, 0.1) is 0 Å². The van der Waals surface area contributed by atoms with E-state index in [0.717, 1.165) is 0 Å². The number of rotatable bonds is 6. The van der Waals surface area contributed by atoms with Crippen LogP contribution in [-0.4, -0.2) is 18.9 Å². The number of ketones is 1. The van der Waals surface area contributed by atoms with E-state index in [1.54, 1.807) is 49.2 Å². The van der Waals surface area contributed by atoms with E-state index < -0.39 is 6.94 Å². The number of carbonyl (C=O) groups excluding carboxylic acids is 1. The zero-order chi connectivity index (χ0) is 20.1. The standard InChI is InChI=1S/C21H16Cl3NO2Si/c1-28(23,24)27-20-10-6-5-9-16(20)14-25-19-12-11-17(22)13-18(19)21(26)15-7-3-2-4-8-15/h2-14H,1H3. The van der Waals surface area contributed by atoms with Crippen molar-refractivity contribution in [3.05, 3.63) is 94.5 Å². The van der Waals surface area contributed by atoms with Gasteiger partial charge in [-0.1, -0.05) is 54.1 Å². The van der Waals surface area contributed by atoms with E-state index in [9.17, 15) is 4.79 Å². The van der Waals surface area contributed by atoms with Crippen LogP contribution in [-0.2, 0) is 0 Å². The summed E-state index contributed by atoms with van der Waals surface area (Å²) in [5.74, 6) is 0.386. The first-order valence-electron chi connectivity index (χ1n) is 8.43. The molecule has 0 aliphatic heterocycles. The van der Waals surface area contributed by atoms with E-state index in [2.05, 4.69) is 4.99 Å². The highest BCUT2D eigenvalue weighted by molar-refractivity contribution is 7.42. The molecule has 0 fully saturated rings. The molecule has 0 spiro atoms. The highest BCUT2D eigenvalue weighted by Gasteiger charge is 2.25. The monoisotopic (exact) mass is 447 g/mol. The van der Waals surface area contributed by atoms with Gasteiger partial charge >= 0.3 is 6.94 Å². The number of nitrogens with zero attached hydrogens (tertiary/aromatic N) is 1. The Bertz CT molecular complexity index is 1020. The van der Waals surface area contributed by atoms with Gasteiger partial charge in [0.2, 0.25) is 0 Å². The smallest absolute Gasteiger partial charge is 0.446 e. The first-order chi connectivity index (χ1) is 13.3. The third-order valence-electron chi connectivity index (χ3n) is 3.79. The van der Waals surface area contributed by atoms with Crippen LogP contribution in [0.15, 0.2) is 77.8 Å². The van der Waals surface area contributed by atoms with Gasteiger partial charge in [0.05, 0.1) is 5.69 Å².